The summed E-state index contributed by atoms with van der Waals surface area (Å²) in [7, 11) is -0.511. The fraction of sp³-hybridized carbons (Fsp3) is 0.167. The topological polar surface area (TPSA) is 111 Å². The van der Waals surface area contributed by atoms with Crippen LogP contribution in [0.2, 0.25) is 0 Å². The van der Waals surface area contributed by atoms with Gasteiger partial charge in [-0.1, -0.05) is 42.5 Å². The van der Waals surface area contributed by atoms with Gasteiger partial charge in [0.15, 0.2) is 11.5 Å². The largest absolute Gasteiger partial charge is 0.497 e. The molecule has 8 nitrogen and oxygen atoms in total. The van der Waals surface area contributed by atoms with E-state index >= 15 is 0 Å². The van der Waals surface area contributed by atoms with Crippen LogP contribution in [-0.2, 0) is 20.5 Å². The van der Waals surface area contributed by atoms with Gasteiger partial charge in [0, 0.05) is 7.05 Å². The Morgan fingerprint density at radius 3 is 2.12 bits per heavy atom. The molecule has 3 aromatic carbocycles. The van der Waals surface area contributed by atoms with Crippen molar-refractivity contribution in [2.75, 3.05) is 20.4 Å². The minimum atomic E-state index is -3.68. The van der Waals surface area contributed by atoms with Crippen LogP contribution in [-0.4, -0.2) is 45.6 Å². The van der Waals surface area contributed by atoms with Gasteiger partial charge in [-0.25, -0.2) is 4.99 Å². The maximum Gasteiger partial charge on any atom is 0.306 e. The summed E-state index contributed by atoms with van der Waals surface area (Å²) in [5.41, 5.74) is 7.58. The van der Waals surface area contributed by atoms with E-state index in [1.807, 2.05) is 48.5 Å². The van der Waals surface area contributed by atoms with Crippen molar-refractivity contribution in [3.05, 3.63) is 83.9 Å². The second kappa shape index (κ2) is 8.25. The van der Waals surface area contributed by atoms with Crippen molar-refractivity contribution in [1.82, 2.24) is 4.90 Å². The average Bonchev–Trinajstić information content (AvgIpc) is 3.03. The number of nitrogens with two attached hydrogens (primary N) is 1. The van der Waals surface area contributed by atoms with Crippen LogP contribution in [0.1, 0.15) is 11.1 Å². The highest BCUT2D eigenvalue weighted by molar-refractivity contribution is 7.86. The van der Waals surface area contributed by atoms with E-state index in [1.165, 1.54) is 17.0 Å². The Hall–Kier alpha value is -3.85. The number of ether oxygens (including phenoxy) is 1. The second-order valence-electron chi connectivity index (χ2n) is 7.67. The lowest BCUT2D eigenvalue weighted by Crippen LogP contribution is -2.41. The number of amides is 1. The normalized spacial score (nSPS) is 18.2. The van der Waals surface area contributed by atoms with Crippen molar-refractivity contribution < 1.29 is 22.1 Å². The van der Waals surface area contributed by atoms with Gasteiger partial charge in [-0.3, -0.25) is 9.69 Å². The maximum absolute atomic E-state index is 13.5. The van der Waals surface area contributed by atoms with Crippen LogP contribution in [0.3, 0.4) is 0 Å². The lowest BCUT2D eigenvalue weighted by molar-refractivity contribution is -0.129. The van der Waals surface area contributed by atoms with Crippen LogP contribution in [0, 0.1) is 0 Å². The molecule has 4 rings (SSSR count). The molecule has 0 saturated carbocycles. The quantitative estimate of drug-likeness (QED) is 0.561. The molecule has 0 unspecified atom stereocenters. The van der Waals surface area contributed by atoms with Gasteiger partial charge < -0.3 is 14.7 Å². The third-order valence-electron chi connectivity index (χ3n) is 5.44. The monoisotopic (exact) mass is 465 g/mol. The van der Waals surface area contributed by atoms with Crippen molar-refractivity contribution in [2.24, 2.45) is 10.7 Å². The lowest BCUT2D eigenvalue weighted by Gasteiger charge is -2.26. The van der Waals surface area contributed by atoms with Crippen molar-refractivity contribution in [3.63, 3.8) is 0 Å². The molecule has 0 radical (unpaired) electrons. The fourth-order valence-electron chi connectivity index (χ4n) is 3.84. The molecule has 1 aliphatic rings. The highest BCUT2D eigenvalue weighted by Gasteiger charge is 2.49. The molecule has 1 amide bonds. The summed E-state index contributed by atoms with van der Waals surface area (Å²) in [6.07, 6.45) is 0.965. The van der Waals surface area contributed by atoms with E-state index in [0.717, 1.165) is 17.4 Å². The molecule has 33 heavy (non-hydrogen) atoms. The molecule has 0 aliphatic carbocycles. The van der Waals surface area contributed by atoms with E-state index in [1.54, 1.807) is 26.3 Å². The van der Waals surface area contributed by atoms with Gasteiger partial charge in [0.1, 0.15) is 11.5 Å². The van der Waals surface area contributed by atoms with Crippen LogP contribution in [0.5, 0.6) is 11.5 Å². The van der Waals surface area contributed by atoms with E-state index in [0.29, 0.717) is 16.9 Å². The van der Waals surface area contributed by atoms with E-state index in [2.05, 4.69) is 4.99 Å². The molecule has 0 spiro atoms. The number of methoxy groups -OCH3 is 1. The van der Waals surface area contributed by atoms with Gasteiger partial charge >= 0.3 is 10.1 Å². The number of hydrogen-bond donors (Lipinski definition) is 1. The first kappa shape index (κ1) is 22.3. The Bertz CT molecular complexity index is 1350. The minimum absolute atomic E-state index is 0.0863. The van der Waals surface area contributed by atoms with Gasteiger partial charge in [-0.2, -0.15) is 8.42 Å². The van der Waals surface area contributed by atoms with E-state index < -0.39 is 15.7 Å². The number of aliphatic imine (C=N–C) groups is 1. The van der Waals surface area contributed by atoms with Crippen LogP contribution >= 0.6 is 0 Å². The number of guanidine groups is 1. The van der Waals surface area contributed by atoms with Crippen LogP contribution < -0.4 is 14.7 Å². The third kappa shape index (κ3) is 4.14. The smallest absolute Gasteiger partial charge is 0.306 e. The number of likely N-dealkylation sites (N-methyl/N-ethyl adjacent to an activating group) is 1. The van der Waals surface area contributed by atoms with Crippen molar-refractivity contribution in [1.29, 1.82) is 0 Å². The Labute approximate surface area is 192 Å². The first-order valence-electron chi connectivity index (χ1n) is 10.0. The summed E-state index contributed by atoms with van der Waals surface area (Å²) >= 11 is 0. The maximum atomic E-state index is 13.5. The zero-order valence-electron chi connectivity index (χ0n) is 18.3. The fourth-order valence-corrected chi connectivity index (χ4v) is 4.30. The molecule has 3 aromatic rings. The van der Waals surface area contributed by atoms with Gasteiger partial charge in [0.05, 0.1) is 13.4 Å². The number of rotatable bonds is 6. The zero-order valence-corrected chi connectivity index (χ0v) is 19.2. The summed E-state index contributed by atoms with van der Waals surface area (Å²) in [5.74, 6) is 0.619. The standard InChI is InChI=1S/C24H23N3O5S/c1-27-22(28)24(26-23(27)25,18-10-12-20(13-11-18)32-33(3,29)30)19-8-4-6-16(14-19)17-7-5-9-21(15-17)31-2/h4-15H,1-3H3,(H2,25,26)/t24-/m0/s1. The second-order valence-corrected chi connectivity index (χ2v) is 9.24. The molecular formula is C24H23N3O5S. The Kier molecular flexibility index (Phi) is 5.59. The van der Waals surface area contributed by atoms with Crippen LogP contribution in [0.25, 0.3) is 11.1 Å². The summed E-state index contributed by atoms with van der Waals surface area (Å²) in [6.45, 7) is 0. The molecule has 1 aliphatic heterocycles. The molecule has 0 bridgehead atoms. The molecular weight excluding hydrogens is 442 g/mol. The number of nitrogens with zero attached hydrogens (tertiary/aromatic N) is 2. The van der Waals surface area contributed by atoms with Gasteiger partial charge in [0.2, 0.25) is 0 Å². The van der Waals surface area contributed by atoms with Crippen molar-refractivity contribution in [2.45, 2.75) is 5.54 Å². The average molecular weight is 466 g/mol. The minimum Gasteiger partial charge on any atom is -0.497 e. The highest BCUT2D eigenvalue weighted by Crippen LogP contribution is 2.41. The molecule has 2 N–H and O–H groups in total. The SMILES string of the molecule is COc1cccc(-c2cccc([C@]3(c4ccc(OS(C)(=O)=O)cc4)N=C(N)N(C)C3=O)c2)c1. The molecule has 170 valence electrons. The molecule has 0 aromatic heterocycles. The Morgan fingerprint density at radius 2 is 1.55 bits per heavy atom. The molecule has 0 fully saturated rings. The van der Waals surface area contributed by atoms with Crippen molar-refractivity contribution >= 4 is 22.0 Å². The lowest BCUT2D eigenvalue weighted by atomic mass is 9.81. The zero-order chi connectivity index (χ0) is 23.8. The van der Waals surface area contributed by atoms with E-state index in [4.69, 9.17) is 14.7 Å². The highest BCUT2D eigenvalue weighted by atomic mass is 32.2. The molecule has 1 atom stereocenters. The van der Waals surface area contributed by atoms with Crippen LogP contribution in [0.4, 0.5) is 0 Å². The molecule has 1 heterocycles. The summed E-state index contributed by atoms with van der Waals surface area (Å²) < 4.78 is 33.2. The molecule has 0 saturated heterocycles. The van der Waals surface area contributed by atoms with E-state index in [-0.39, 0.29) is 17.6 Å². The first-order chi connectivity index (χ1) is 15.6. The predicted molar refractivity (Wildman–Crippen MR) is 126 cm³/mol. The molecule has 9 heteroatoms. The predicted octanol–water partition coefficient (Wildman–Crippen LogP) is 2.73. The Balaban J connectivity index is 1.85. The van der Waals surface area contributed by atoms with Gasteiger partial charge in [-0.05, 0) is 52.6 Å². The van der Waals surface area contributed by atoms with Crippen LogP contribution in [0.15, 0.2) is 77.8 Å². The third-order valence-corrected chi connectivity index (χ3v) is 5.94. The van der Waals surface area contributed by atoms with Gasteiger partial charge in [0.25, 0.3) is 5.91 Å². The Morgan fingerprint density at radius 1 is 0.909 bits per heavy atom. The summed E-state index contributed by atoms with van der Waals surface area (Å²) in [4.78, 5) is 19.4. The summed E-state index contributed by atoms with van der Waals surface area (Å²) in [6, 6.07) is 21.3. The van der Waals surface area contributed by atoms with Gasteiger partial charge in [-0.15, -0.1) is 0 Å². The number of carbonyl (C=O) groups excluding carboxylic acids is 1. The first-order valence-corrected chi connectivity index (χ1v) is 11.8. The number of benzene rings is 3. The van der Waals surface area contributed by atoms with E-state index in [9.17, 15) is 13.2 Å². The number of carbonyl (C=O) groups is 1. The summed E-state index contributed by atoms with van der Waals surface area (Å²) in [5, 5.41) is 0. The van der Waals surface area contributed by atoms with Crippen molar-refractivity contribution in [3.8, 4) is 22.6 Å². The number of hydrogen-bond acceptors (Lipinski definition) is 7.